The maximum atomic E-state index is 11.0. The molecule has 0 spiro atoms. The normalized spacial score (nSPS) is 9.36. The van der Waals surface area contributed by atoms with Gasteiger partial charge in [-0.2, -0.15) is 0 Å². The molecule has 3 N–H and O–H groups in total. The van der Waals surface area contributed by atoms with Gasteiger partial charge in [-0.25, -0.2) is 4.79 Å². The molecule has 0 fully saturated rings. The maximum Gasteiger partial charge on any atom is 0.317 e. The summed E-state index contributed by atoms with van der Waals surface area (Å²) in [6.07, 6.45) is 0.862. The van der Waals surface area contributed by atoms with E-state index in [1.807, 2.05) is 6.92 Å². The van der Waals surface area contributed by atoms with Crippen molar-refractivity contribution in [3.05, 3.63) is 0 Å². The van der Waals surface area contributed by atoms with E-state index in [1.165, 1.54) is 0 Å². The average molecular weight is 159 g/mol. The van der Waals surface area contributed by atoms with Crippen molar-refractivity contribution in [1.29, 1.82) is 0 Å². The maximum absolute atomic E-state index is 11.0. The number of amides is 2. The first-order valence-electron chi connectivity index (χ1n) is 3.93. The van der Waals surface area contributed by atoms with Crippen LogP contribution in [0, 0.1) is 0 Å². The number of nitrogens with two attached hydrogens (primary N) is 1. The molecule has 0 atom stereocenters. The summed E-state index contributed by atoms with van der Waals surface area (Å²) in [5.74, 6) is 0. The second-order valence-corrected chi connectivity index (χ2v) is 2.28. The van der Waals surface area contributed by atoms with Crippen LogP contribution in [0.3, 0.4) is 0 Å². The molecule has 11 heavy (non-hydrogen) atoms. The van der Waals surface area contributed by atoms with Crippen molar-refractivity contribution >= 4 is 6.03 Å². The first kappa shape index (κ1) is 10.2. The van der Waals surface area contributed by atoms with E-state index in [2.05, 4.69) is 5.32 Å². The van der Waals surface area contributed by atoms with E-state index in [1.54, 1.807) is 11.9 Å². The zero-order valence-corrected chi connectivity index (χ0v) is 7.26. The second kappa shape index (κ2) is 5.97. The van der Waals surface area contributed by atoms with Crippen LogP contribution >= 0.6 is 0 Å². The lowest BCUT2D eigenvalue weighted by Crippen LogP contribution is -2.39. The molecule has 2 amide bonds. The molecule has 0 aromatic carbocycles. The molecular weight excluding hydrogens is 142 g/mol. The zero-order valence-electron chi connectivity index (χ0n) is 7.26. The lowest BCUT2D eigenvalue weighted by Gasteiger charge is -2.19. The van der Waals surface area contributed by atoms with Gasteiger partial charge in [-0.1, -0.05) is 0 Å². The highest BCUT2D eigenvalue weighted by Gasteiger charge is 2.06. The van der Waals surface area contributed by atoms with Gasteiger partial charge in [0.05, 0.1) is 0 Å². The smallest absolute Gasteiger partial charge is 0.317 e. The Morgan fingerprint density at radius 1 is 1.64 bits per heavy atom. The Morgan fingerprint density at radius 3 is 2.64 bits per heavy atom. The Bertz CT molecular complexity index is 116. The molecule has 66 valence electrons. The number of nitrogens with one attached hydrogen (secondary N) is 1. The van der Waals surface area contributed by atoms with Gasteiger partial charge in [-0.15, -0.1) is 0 Å². The fourth-order valence-corrected chi connectivity index (χ4v) is 0.844. The second-order valence-electron chi connectivity index (χ2n) is 2.28. The summed E-state index contributed by atoms with van der Waals surface area (Å²) in [4.78, 5) is 12.8. The van der Waals surface area contributed by atoms with Crippen LogP contribution < -0.4 is 11.1 Å². The van der Waals surface area contributed by atoms with E-state index in [0.29, 0.717) is 6.54 Å². The van der Waals surface area contributed by atoms with Crippen molar-refractivity contribution in [3.8, 4) is 0 Å². The standard InChI is InChI=1S/C7H17N3O/c1-3-10(6-4-5-8)7(11)9-2/h3-6,8H2,1-2H3,(H,9,11). The van der Waals surface area contributed by atoms with Gasteiger partial charge in [-0.05, 0) is 19.9 Å². The Kier molecular flexibility index (Phi) is 5.56. The SMILES string of the molecule is CCN(CCCN)C(=O)NC. The van der Waals surface area contributed by atoms with Gasteiger partial charge in [0.2, 0.25) is 0 Å². The van der Waals surface area contributed by atoms with Crippen LogP contribution in [-0.2, 0) is 0 Å². The molecule has 0 saturated heterocycles. The molecule has 0 aliphatic heterocycles. The summed E-state index contributed by atoms with van der Waals surface area (Å²) in [5.41, 5.74) is 5.31. The highest BCUT2D eigenvalue weighted by Crippen LogP contribution is 1.90. The van der Waals surface area contributed by atoms with Crippen LogP contribution in [0.15, 0.2) is 0 Å². The van der Waals surface area contributed by atoms with Crippen LogP contribution in [0.25, 0.3) is 0 Å². The number of hydrogen-bond donors (Lipinski definition) is 2. The first-order chi connectivity index (χ1) is 5.26. The van der Waals surface area contributed by atoms with Gasteiger partial charge in [0, 0.05) is 20.1 Å². The van der Waals surface area contributed by atoms with Gasteiger partial charge in [-0.3, -0.25) is 0 Å². The third-order valence-electron chi connectivity index (χ3n) is 1.51. The van der Waals surface area contributed by atoms with Gasteiger partial charge in [0.15, 0.2) is 0 Å². The van der Waals surface area contributed by atoms with Crippen LogP contribution in [0.1, 0.15) is 13.3 Å². The molecule has 0 aliphatic rings. The number of rotatable bonds is 4. The van der Waals surface area contributed by atoms with Crippen molar-refractivity contribution in [2.24, 2.45) is 5.73 Å². The molecule has 4 heteroatoms. The molecule has 0 saturated carbocycles. The van der Waals surface area contributed by atoms with Crippen LogP contribution in [0.4, 0.5) is 4.79 Å². The highest BCUT2D eigenvalue weighted by molar-refractivity contribution is 5.73. The largest absolute Gasteiger partial charge is 0.341 e. The fourth-order valence-electron chi connectivity index (χ4n) is 0.844. The van der Waals surface area contributed by atoms with Crippen LogP contribution in [-0.4, -0.2) is 37.6 Å². The molecule has 4 nitrogen and oxygen atoms in total. The first-order valence-corrected chi connectivity index (χ1v) is 3.93. The van der Waals surface area contributed by atoms with Gasteiger partial charge < -0.3 is 16.0 Å². The Labute approximate surface area is 67.7 Å². The number of hydrogen-bond acceptors (Lipinski definition) is 2. The molecule has 0 aromatic rings. The molecular formula is C7H17N3O. The van der Waals surface area contributed by atoms with Crippen LogP contribution in [0.2, 0.25) is 0 Å². The highest BCUT2D eigenvalue weighted by atomic mass is 16.2. The number of carbonyl (C=O) groups excluding carboxylic acids is 1. The number of nitrogens with zero attached hydrogens (tertiary/aromatic N) is 1. The summed E-state index contributed by atoms with van der Waals surface area (Å²) >= 11 is 0. The topological polar surface area (TPSA) is 58.4 Å². The molecule has 0 aliphatic carbocycles. The lowest BCUT2D eigenvalue weighted by molar-refractivity contribution is 0.202. The zero-order chi connectivity index (χ0) is 8.69. The molecule has 0 heterocycles. The fraction of sp³-hybridized carbons (Fsp3) is 0.857. The van der Waals surface area contributed by atoms with E-state index in [0.717, 1.165) is 19.5 Å². The molecule has 0 radical (unpaired) electrons. The van der Waals surface area contributed by atoms with Gasteiger partial charge in [0.1, 0.15) is 0 Å². The van der Waals surface area contributed by atoms with Crippen molar-refractivity contribution in [2.45, 2.75) is 13.3 Å². The summed E-state index contributed by atoms with van der Waals surface area (Å²) in [5, 5.41) is 2.57. The molecule has 0 aromatic heterocycles. The third-order valence-corrected chi connectivity index (χ3v) is 1.51. The summed E-state index contributed by atoms with van der Waals surface area (Å²) in [6.45, 7) is 4.06. The monoisotopic (exact) mass is 159 g/mol. The summed E-state index contributed by atoms with van der Waals surface area (Å²) in [6, 6.07) is -0.0269. The van der Waals surface area contributed by atoms with E-state index >= 15 is 0 Å². The number of carbonyl (C=O) groups is 1. The van der Waals surface area contributed by atoms with Crippen molar-refractivity contribution < 1.29 is 4.79 Å². The Balaban J connectivity index is 3.65. The van der Waals surface area contributed by atoms with Gasteiger partial charge >= 0.3 is 6.03 Å². The van der Waals surface area contributed by atoms with Crippen molar-refractivity contribution in [2.75, 3.05) is 26.7 Å². The van der Waals surface area contributed by atoms with E-state index in [4.69, 9.17) is 5.73 Å². The summed E-state index contributed by atoms with van der Waals surface area (Å²) in [7, 11) is 1.63. The number of urea groups is 1. The van der Waals surface area contributed by atoms with Crippen molar-refractivity contribution in [3.63, 3.8) is 0 Å². The third kappa shape index (κ3) is 3.83. The predicted octanol–water partition coefficient (Wildman–Crippen LogP) is -0.00350. The minimum Gasteiger partial charge on any atom is -0.341 e. The van der Waals surface area contributed by atoms with Crippen LogP contribution in [0.5, 0.6) is 0 Å². The van der Waals surface area contributed by atoms with Gasteiger partial charge in [0.25, 0.3) is 0 Å². The lowest BCUT2D eigenvalue weighted by atomic mass is 10.4. The minimum atomic E-state index is -0.0269. The van der Waals surface area contributed by atoms with E-state index in [-0.39, 0.29) is 6.03 Å². The Morgan fingerprint density at radius 2 is 2.27 bits per heavy atom. The van der Waals surface area contributed by atoms with E-state index < -0.39 is 0 Å². The minimum absolute atomic E-state index is 0.0269. The van der Waals surface area contributed by atoms with E-state index in [9.17, 15) is 4.79 Å². The quantitative estimate of drug-likeness (QED) is 0.606. The predicted molar refractivity (Wildman–Crippen MR) is 45.4 cm³/mol. The molecule has 0 bridgehead atoms. The summed E-state index contributed by atoms with van der Waals surface area (Å²) < 4.78 is 0. The Hall–Kier alpha value is -0.770. The average Bonchev–Trinajstić information content (AvgIpc) is 2.05. The molecule has 0 unspecified atom stereocenters. The molecule has 0 rings (SSSR count). The van der Waals surface area contributed by atoms with Crippen molar-refractivity contribution in [1.82, 2.24) is 10.2 Å².